The lowest BCUT2D eigenvalue weighted by atomic mass is 9.79. The molecule has 2 nitrogen and oxygen atoms in total. The quantitative estimate of drug-likeness (QED) is 0.835. The van der Waals surface area contributed by atoms with Gasteiger partial charge in [-0.05, 0) is 43.9 Å². The van der Waals surface area contributed by atoms with Gasteiger partial charge in [-0.3, -0.25) is 4.79 Å². The fourth-order valence-electron chi connectivity index (χ4n) is 3.22. The molecule has 0 aliphatic carbocycles. The zero-order chi connectivity index (χ0) is 15.0. The molecule has 1 aliphatic heterocycles. The Kier molecular flexibility index (Phi) is 3.32. The molecule has 1 aliphatic rings. The number of aryl methyl sites for hydroxylation is 2. The maximum absolute atomic E-state index is 12.7. The van der Waals surface area contributed by atoms with E-state index in [1.54, 1.807) is 4.90 Å². The number of amides is 1. The fraction of sp³-hybridized carbons (Fsp3) is 0.316. The van der Waals surface area contributed by atoms with Crippen LogP contribution in [0.3, 0.4) is 0 Å². The summed E-state index contributed by atoms with van der Waals surface area (Å²) in [5.41, 5.74) is 4.36. The van der Waals surface area contributed by atoms with Gasteiger partial charge in [0, 0.05) is 12.7 Å². The van der Waals surface area contributed by atoms with Gasteiger partial charge in [-0.15, -0.1) is 0 Å². The fourth-order valence-corrected chi connectivity index (χ4v) is 3.22. The number of hydrogen-bond donors (Lipinski definition) is 0. The number of hydrogen-bond acceptors (Lipinski definition) is 1. The maximum Gasteiger partial charge on any atom is 0.237 e. The Bertz CT molecular complexity index is 674. The van der Waals surface area contributed by atoms with Crippen LogP contribution < -0.4 is 4.90 Å². The summed E-state index contributed by atoms with van der Waals surface area (Å²) in [5.74, 6) is 0.204. The smallest absolute Gasteiger partial charge is 0.237 e. The second-order valence-corrected chi connectivity index (χ2v) is 6.20. The first kappa shape index (κ1) is 13.9. The van der Waals surface area contributed by atoms with Crippen molar-refractivity contribution in [1.82, 2.24) is 0 Å². The Morgan fingerprint density at radius 1 is 1.05 bits per heavy atom. The summed E-state index contributed by atoms with van der Waals surface area (Å²) in [7, 11) is 1.87. The highest BCUT2D eigenvalue weighted by Crippen LogP contribution is 2.43. The summed E-state index contributed by atoms with van der Waals surface area (Å²) in [6.07, 6.45) is 1.76. The highest BCUT2D eigenvalue weighted by molar-refractivity contribution is 6.07. The van der Waals surface area contributed by atoms with Crippen LogP contribution in [-0.4, -0.2) is 13.0 Å². The molecule has 0 fully saturated rings. The van der Waals surface area contributed by atoms with Gasteiger partial charge >= 0.3 is 0 Å². The van der Waals surface area contributed by atoms with Crippen LogP contribution >= 0.6 is 0 Å². The van der Waals surface area contributed by atoms with Crippen molar-refractivity contribution in [2.75, 3.05) is 11.9 Å². The number of fused-ring (bicyclic) bond motifs is 1. The van der Waals surface area contributed by atoms with Crippen molar-refractivity contribution in [3.8, 4) is 0 Å². The largest absolute Gasteiger partial charge is 0.314 e. The second-order valence-electron chi connectivity index (χ2n) is 6.20. The molecule has 0 saturated carbocycles. The third-order valence-corrected chi connectivity index (χ3v) is 4.67. The minimum atomic E-state index is -0.407. The van der Waals surface area contributed by atoms with Crippen molar-refractivity contribution in [2.45, 2.75) is 32.1 Å². The van der Waals surface area contributed by atoms with Gasteiger partial charge in [0.1, 0.15) is 0 Å². The monoisotopic (exact) mass is 279 g/mol. The summed E-state index contributed by atoms with van der Waals surface area (Å²) in [4.78, 5) is 14.5. The van der Waals surface area contributed by atoms with Crippen molar-refractivity contribution in [1.29, 1.82) is 0 Å². The van der Waals surface area contributed by atoms with Crippen LogP contribution in [0.1, 0.15) is 30.0 Å². The zero-order valence-corrected chi connectivity index (χ0v) is 12.9. The molecule has 108 valence electrons. The Hall–Kier alpha value is -2.09. The molecule has 2 aromatic rings. The predicted molar refractivity (Wildman–Crippen MR) is 86.7 cm³/mol. The van der Waals surface area contributed by atoms with Crippen molar-refractivity contribution in [2.24, 2.45) is 0 Å². The number of carbonyl (C=O) groups is 1. The predicted octanol–water partition coefficient (Wildman–Crippen LogP) is 3.86. The number of nitrogens with zero attached hydrogens (tertiary/aromatic N) is 1. The van der Waals surface area contributed by atoms with Crippen LogP contribution in [0.25, 0.3) is 0 Å². The minimum absolute atomic E-state index is 0.204. The molecule has 0 spiro atoms. The van der Waals surface area contributed by atoms with Crippen LogP contribution in [0, 0.1) is 6.92 Å². The number of benzene rings is 2. The molecule has 0 aromatic heterocycles. The molecule has 1 heterocycles. The first-order valence-electron chi connectivity index (χ1n) is 7.45. The van der Waals surface area contributed by atoms with E-state index in [2.05, 4.69) is 44.2 Å². The molecule has 0 unspecified atom stereocenters. The van der Waals surface area contributed by atoms with Crippen molar-refractivity contribution >= 4 is 11.6 Å². The van der Waals surface area contributed by atoms with E-state index in [0.717, 1.165) is 24.1 Å². The molecule has 0 bridgehead atoms. The van der Waals surface area contributed by atoms with E-state index in [0.29, 0.717) is 0 Å². The Balaban J connectivity index is 1.87. The lowest BCUT2D eigenvalue weighted by molar-refractivity contribution is -0.122. The topological polar surface area (TPSA) is 20.3 Å². The summed E-state index contributed by atoms with van der Waals surface area (Å²) >= 11 is 0. The van der Waals surface area contributed by atoms with Crippen LogP contribution in [0.2, 0.25) is 0 Å². The highest BCUT2D eigenvalue weighted by Gasteiger charge is 2.45. The average Bonchev–Trinajstić information content (AvgIpc) is 2.70. The van der Waals surface area contributed by atoms with Gasteiger partial charge in [0.15, 0.2) is 0 Å². The Labute approximate surface area is 126 Å². The van der Waals surface area contributed by atoms with E-state index >= 15 is 0 Å². The van der Waals surface area contributed by atoms with E-state index < -0.39 is 5.41 Å². The molecule has 2 aromatic carbocycles. The van der Waals surface area contributed by atoms with Crippen LogP contribution in [0.5, 0.6) is 0 Å². The summed E-state index contributed by atoms with van der Waals surface area (Å²) in [6.45, 7) is 4.17. The van der Waals surface area contributed by atoms with Gasteiger partial charge in [-0.1, -0.05) is 48.0 Å². The third kappa shape index (κ3) is 2.25. The third-order valence-electron chi connectivity index (χ3n) is 4.67. The molecule has 21 heavy (non-hydrogen) atoms. The van der Waals surface area contributed by atoms with Crippen LogP contribution in [-0.2, 0) is 16.6 Å². The number of likely N-dealkylation sites (N-methyl/N-ethyl adjacent to an activating group) is 1. The van der Waals surface area contributed by atoms with Crippen LogP contribution in [0.15, 0.2) is 48.5 Å². The molecule has 2 heteroatoms. The standard InChI is InChI=1S/C19H21NO/c1-14-8-10-15(11-9-14)12-13-19(2)16-6-4-5-7-17(16)20(3)18(19)21/h4-11H,12-13H2,1-3H3/t19-/m0/s1. The molecular formula is C19H21NO. The van der Waals surface area contributed by atoms with E-state index in [1.165, 1.54) is 11.1 Å². The van der Waals surface area contributed by atoms with E-state index in [-0.39, 0.29) is 5.91 Å². The average molecular weight is 279 g/mol. The molecule has 1 atom stereocenters. The number of para-hydroxylation sites is 1. The van der Waals surface area contributed by atoms with Gasteiger partial charge in [-0.2, -0.15) is 0 Å². The van der Waals surface area contributed by atoms with Gasteiger partial charge < -0.3 is 4.90 Å². The summed E-state index contributed by atoms with van der Waals surface area (Å²) < 4.78 is 0. The zero-order valence-electron chi connectivity index (χ0n) is 12.9. The molecule has 0 saturated heterocycles. The lowest BCUT2D eigenvalue weighted by Gasteiger charge is -2.23. The molecular weight excluding hydrogens is 258 g/mol. The van der Waals surface area contributed by atoms with Gasteiger partial charge in [0.25, 0.3) is 0 Å². The van der Waals surface area contributed by atoms with Crippen molar-refractivity contribution in [3.63, 3.8) is 0 Å². The Morgan fingerprint density at radius 2 is 1.71 bits per heavy atom. The summed E-state index contributed by atoms with van der Waals surface area (Å²) in [5, 5.41) is 0. The van der Waals surface area contributed by atoms with E-state index in [4.69, 9.17) is 0 Å². The SMILES string of the molecule is Cc1ccc(CC[C@]2(C)C(=O)N(C)c3ccccc32)cc1. The first-order chi connectivity index (χ1) is 10.0. The Morgan fingerprint density at radius 3 is 2.43 bits per heavy atom. The van der Waals surface area contributed by atoms with Crippen LogP contribution in [0.4, 0.5) is 5.69 Å². The number of rotatable bonds is 3. The lowest BCUT2D eigenvalue weighted by Crippen LogP contribution is -2.36. The van der Waals surface area contributed by atoms with Crippen molar-refractivity contribution in [3.05, 3.63) is 65.2 Å². The first-order valence-corrected chi connectivity index (χ1v) is 7.45. The maximum atomic E-state index is 12.7. The molecule has 3 rings (SSSR count). The van der Waals surface area contributed by atoms with Crippen molar-refractivity contribution < 1.29 is 4.79 Å². The molecule has 1 amide bonds. The van der Waals surface area contributed by atoms with Gasteiger partial charge in [0.05, 0.1) is 5.41 Å². The molecule has 0 radical (unpaired) electrons. The minimum Gasteiger partial charge on any atom is -0.314 e. The number of carbonyl (C=O) groups excluding carboxylic acids is 1. The van der Waals surface area contributed by atoms with Gasteiger partial charge in [0.2, 0.25) is 5.91 Å². The van der Waals surface area contributed by atoms with E-state index in [1.807, 2.05) is 25.2 Å². The molecule has 0 N–H and O–H groups in total. The second kappa shape index (κ2) is 5.03. The summed E-state index contributed by atoms with van der Waals surface area (Å²) in [6, 6.07) is 16.7. The highest BCUT2D eigenvalue weighted by atomic mass is 16.2. The van der Waals surface area contributed by atoms with Gasteiger partial charge in [-0.25, -0.2) is 0 Å². The number of anilines is 1. The normalized spacial score (nSPS) is 20.7. The van der Waals surface area contributed by atoms with E-state index in [9.17, 15) is 4.79 Å².